The molecule has 1 fully saturated rings. The number of aromatic nitrogens is 4. The van der Waals surface area contributed by atoms with Crippen LogP contribution < -0.4 is 15.1 Å². The number of rotatable bonds is 5. The Bertz CT molecular complexity index is 880. The van der Waals surface area contributed by atoms with Gasteiger partial charge in [0.2, 0.25) is 0 Å². The van der Waals surface area contributed by atoms with Crippen LogP contribution in [-0.2, 0) is 6.54 Å². The first-order chi connectivity index (χ1) is 13.3. The van der Waals surface area contributed by atoms with Crippen molar-refractivity contribution in [2.45, 2.75) is 6.54 Å². The van der Waals surface area contributed by atoms with E-state index in [9.17, 15) is 4.79 Å². The molecule has 138 valence electrons. The van der Waals surface area contributed by atoms with Crippen LogP contribution in [0.4, 0.5) is 11.6 Å². The topological polar surface area (TPSA) is 87.1 Å². The minimum absolute atomic E-state index is 0.224. The van der Waals surface area contributed by atoms with Gasteiger partial charge in [0.1, 0.15) is 11.6 Å². The molecular weight excluding hydrogens is 362 g/mol. The van der Waals surface area contributed by atoms with Gasteiger partial charge in [0.15, 0.2) is 5.69 Å². The summed E-state index contributed by atoms with van der Waals surface area (Å²) in [5, 5.41) is 8.33. The zero-order valence-corrected chi connectivity index (χ0v) is 15.5. The number of piperazine rings is 1. The number of pyridine rings is 2. The van der Waals surface area contributed by atoms with Crippen LogP contribution in [0.25, 0.3) is 0 Å². The lowest BCUT2D eigenvalue weighted by Gasteiger charge is -2.36. The van der Waals surface area contributed by atoms with Crippen molar-refractivity contribution in [1.29, 1.82) is 0 Å². The maximum atomic E-state index is 12.1. The summed E-state index contributed by atoms with van der Waals surface area (Å²) in [5.41, 5.74) is 1.33. The van der Waals surface area contributed by atoms with E-state index >= 15 is 0 Å². The maximum absolute atomic E-state index is 12.1. The summed E-state index contributed by atoms with van der Waals surface area (Å²) in [6.45, 7) is 3.86. The van der Waals surface area contributed by atoms with Gasteiger partial charge in [-0.25, -0.2) is 9.97 Å². The standard InChI is InChI=1S/C18H19N7OS/c26-18(15-13-27-23-22-15)21-12-14-4-3-7-20-17(14)25-10-8-24(9-11-25)16-5-1-2-6-19-16/h1-7,13H,8-12H2,(H,21,26). The summed E-state index contributed by atoms with van der Waals surface area (Å²) in [6, 6.07) is 9.85. The van der Waals surface area contributed by atoms with Crippen LogP contribution in [-0.4, -0.2) is 51.6 Å². The lowest BCUT2D eigenvalue weighted by molar-refractivity contribution is 0.0946. The summed E-state index contributed by atoms with van der Waals surface area (Å²) in [4.78, 5) is 25.6. The average molecular weight is 381 g/mol. The molecule has 0 bridgehead atoms. The van der Waals surface area contributed by atoms with Crippen LogP contribution >= 0.6 is 11.5 Å². The molecule has 0 radical (unpaired) electrons. The molecule has 3 aromatic rings. The van der Waals surface area contributed by atoms with E-state index in [0.29, 0.717) is 12.2 Å². The zero-order chi connectivity index (χ0) is 18.5. The quantitative estimate of drug-likeness (QED) is 0.718. The van der Waals surface area contributed by atoms with Crippen LogP contribution in [0.3, 0.4) is 0 Å². The number of carbonyl (C=O) groups excluding carboxylic acids is 1. The number of hydrogen-bond donors (Lipinski definition) is 1. The summed E-state index contributed by atoms with van der Waals surface area (Å²) in [5.74, 6) is 1.69. The van der Waals surface area contributed by atoms with E-state index < -0.39 is 0 Å². The second-order valence-electron chi connectivity index (χ2n) is 6.12. The fraction of sp³-hybridized carbons (Fsp3) is 0.278. The third-order valence-electron chi connectivity index (χ3n) is 4.45. The van der Waals surface area contributed by atoms with Crippen molar-refractivity contribution in [2.24, 2.45) is 0 Å². The average Bonchev–Trinajstić information content (AvgIpc) is 3.28. The van der Waals surface area contributed by atoms with E-state index in [4.69, 9.17) is 0 Å². The lowest BCUT2D eigenvalue weighted by atomic mass is 10.2. The van der Waals surface area contributed by atoms with Gasteiger partial charge >= 0.3 is 0 Å². The second kappa shape index (κ2) is 8.09. The molecule has 0 unspecified atom stereocenters. The molecule has 1 N–H and O–H groups in total. The van der Waals surface area contributed by atoms with E-state index in [1.165, 1.54) is 0 Å². The van der Waals surface area contributed by atoms with Gasteiger partial charge in [-0.1, -0.05) is 16.6 Å². The molecule has 0 spiro atoms. The van der Waals surface area contributed by atoms with Crippen LogP contribution in [0.15, 0.2) is 48.1 Å². The molecule has 1 aliphatic rings. The Balaban J connectivity index is 1.40. The molecular formula is C18H19N7OS. The Morgan fingerprint density at radius 3 is 2.59 bits per heavy atom. The number of carbonyl (C=O) groups is 1. The predicted octanol–water partition coefficient (Wildman–Crippen LogP) is 1.58. The Hall–Kier alpha value is -3.07. The van der Waals surface area contributed by atoms with E-state index in [2.05, 4.69) is 34.7 Å². The van der Waals surface area contributed by atoms with Crippen molar-refractivity contribution in [3.05, 3.63) is 59.4 Å². The maximum Gasteiger partial charge on any atom is 0.273 e. The third kappa shape index (κ3) is 4.03. The van der Waals surface area contributed by atoms with Gasteiger partial charge in [0, 0.05) is 56.1 Å². The second-order valence-corrected chi connectivity index (χ2v) is 6.73. The highest BCUT2D eigenvalue weighted by molar-refractivity contribution is 7.03. The van der Waals surface area contributed by atoms with Gasteiger partial charge in [-0.05, 0) is 29.7 Å². The molecule has 8 nitrogen and oxygen atoms in total. The monoisotopic (exact) mass is 381 g/mol. The molecule has 9 heteroatoms. The molecule has 1 amide bonds. The Kier molecular flexibility index (Phi) is 5.20. The highest BCUT2D eigenvalue weighted by Crippen LogP contribution is 2.21. The third-order valence-corrected chi connectivity index (χ3v) is 4.96. The first kappa shape index (κ1) is 17.3. The van der Waals surface area contributed by atoms with Crippen molar-refractivity contribution < 1.29 is 4.79 Å². The number of nitrogens with one attached hydrogen (secondary N) is 1. The SMILES string of the molecule is O=C(NCc1cccnc1N1CCN(c2ccccn2)CC1)c1csnn1. The molecule has 1 aliphatic heterocycles. The fourth-order valence-corrected chi connectivity index (χ4v) is 3.51. The highest BCUT2D eigenvalue weighted by atomic mass is 32.1. The van der Waals surface area contributed by atoms with Gasteiger partial charge in [-0.3, -0.25) is 4.79 Å². The number of amides is 1. The molecule has 0 aromatic carbocycles. The van der Waals surface area contributed by atoms with Crippen molar-refractivity contribution in [3.63, 3.8) is 0 Å². The first-order valence-electron chi connectivity index (χ1n) is 8.71. The van der Waals surface area contributed by atoms with Gasteiger partial charge in [0.05, 0.1) is 0 Å². The molecule has 0 aliphatic carbocycles. The van der Waals surface area contributed by atoms with Crippen LogP contribution in [0.1, 0.15) is 16.1 Å². The van der Waals surface area contributed by atoms with E-state index in [1.807, 2.05) is 36.5 Å². The van der Waals surface area contributed by atoms with Crippen molar-refractivity contribution in [3.8, 4) is 0 Å². The van der Waals surface area contributed by atoms with Crippen molar-refractivity contribution in [2.75, 3.05) is 36.0 Å². The summed E-state index contributed by atoms with van der Waals surface area (Å²) in [7, 11) is 0. The summed E-state index contributed by atoms with van der Waals surface area (Å²) in [6.07, 6.45) is 3.61. The van der Waals surface area contributed by atoms with Crippen LogP contribution in [0, 0.1) is 0 Å². The molecule has 3 aromatic heterocycles. The smallest absolute Gasteiger partial charge is 0.273 e. The molecule has 0 atom stereocenters. The fourth-order valence-electron chi connectivity index (χ4n) is 3.07. The van der Waals surface area contributed by atoms with Gasteiger partial charge < -0.3 is 15.1 Å². The normalized spacial score (nSPS) is 14.2. The van der Waals surface area contributed by atoms with E-state index in [-0.39, 0.29) is 5.91 Å². The Labute approximate surface area is 161 Å². The molecule has 4 heterocycles. The highest BCUT2D eigenvalue weighted by Gasteiger charge is 2.21. The largest absolute Gasteiger partial charge is 0.353 e. The van der Waals surface area contributed by atoms with Crippen LogP contribution in [0.5, 0.6) is 0 Å². The van der Waals surface area contributed by atoms with Crippen molar-refractivity contribution in [1.82, 2.24) is 24.9 Å². The lowest BCUT2D eigenvalue weighted by Crippen LogP contribution is -2.47. The number of hydrogen-bond acceptors (Lipinski definition) is 8. The molecule has 4 rings (SSSR count). The van der Waals surface area contributed by atoms with Crippen LogP contribution in [0.2, 0.25) is 0 Å². The molecule has 0 saturated carbocycles. The van der Waals surface area contributed by atoms with Crippen molar-refractivity contribution >= 4 is 29.1 Å². The Morgan fingerprint density at radius 1 is 1.04 bits per heavy atom. The minimum Gasteiger partial charge on any atom is -0.353 e. The Morgan fingerprint density at radius 2 is 1.85 bits per heavy atom. The van der Waals surface area contributed by atoms with E-state index in [1.54, 1.807) is 11.6 Å². The number of anilines is 2. The van der Waals surface area contributed by atoms with Gasteiger partial charge in [0.25, 0.3) is 5.91 Å². The summed E-state index contributed by atoms with van der Waals surface area (Å²) >= 11 is 1.16. The predicted molar refractivity (Wildman–Crippen MR) is 104 cm³/mol. The van der Waals surface area contributed by atoms with Gasteiger partial charge in [-0.15, -0.1) is 5.10 Å². The molecule has 27 heavy (non-hydrogen) atoms. The van der Waals surface area contributed by atoms with E-state index in [0.717, 1.165) is 54.9 Å². The zero-order valence-electron chi connectivity index (χ0n) is 14.7. The number of nitrogens with zero attached hydrogens (tertiary/aromatic N) is 6. The molecule has 1 saturated heterocycles. The summed E-state index contributed by atoms with van der Waals surface area (Å²) < 4.78 is 3.72. The van der Waals surface area contributed by atoms with Gasteiger partial charge in [-0.2, -0.15) is 0 Å². The minimum atomic E-state index is -0.224. The first-order valence-corrected chi connectivity index (χ1v) is 9.55.